The van der Waals surface area contributed by atoms with E-state index in [9.17, 15) is 4.79 Å². The smallest absolute Gasteiger partial charge is 0.224 e. The average molecular weight is 272 g/mol. The van der Waals surface area contributed by atoms with Crippen molar-refractivity contribution < 1.29 is 9.21 Å². The van der Waals surface area contributed by atoms with E-state index < -0.39 is 0 Å². The molecule has 0 radical (unpaired) electrons. The minimum atomic E-state index is 0.0354. The number of hydrogen-bond donors (Lipinski definition) is 1. The van der Waals surface area contributed by atoms with Crippen molar-refractivity contribution in [2.75, 3.05) is 6.54 Å². The van der Waals surface area contributed by atoms with Gasteiger partial charge in [-0.1, -0.05) is 24.3 Å². The Bertz CT molecular complexity index is 602. The summed E-state index contributed by atoms with van der Waals surface area (Å²) in [6.07, 6.45) is 1.09. The van der Waals surface area contributed by atoms with E-state index >= 15 is 0 Å². The summed E-state index contributed by atoms with van der Waals surface area (Å²) in [5.74, 6) is 1.55. The van der Waals surface area contributed by atoms with Crippen molar-refractivity contribution in [1.82, 2.24) is 10.3 Å². The number of oxazole rings is 1. The van der Waals surface area contributed by atoms with Crippen molar-refractivity contribution in [3.8, 4) is 0 Å². The molecule has 1 aromatic carbocycles. The second-order valence-corrected chi connectivity index (χ2v) is 4.94. The van der Waals surface area contributed by atoms with Gasteiger partial charge in [-0.15, -0.1) is 0 Å². The van der Waals surface area contributed by atoms with E-state index in [-0.39, 0.29) is 5.91 Å². The van der Waals surface area contributed by atoms with Crippen LogP contribution in [0, 0.1) is 20.8 Å². The Balaban J connectivity index is 1.81. The lowest BCUT2D eigenvalue weighted by molar-refractivity contribution is -0.120. The quantitative estimate of drug-likeness (QED) is 0.910. The Kier molecular flexibility index (Phi) is 4.56. The molecule has 1 N–H and O–H groups in total. The first-order chi connectivity index (χ1) is 9.56. The first-order valence-electron chi connectivity index (χ1n) is 6.80. The fourth-order valence-electron chi connectivity index (χ4n) is 2.16. The van der Waals surface area contributed by atoms with E-state index in [0.717, 1.165) is 22.6 Å². The van der Waals surface area contributed by atoms with Crippen LogP contribution >= 0.6 is 0 Å². The summed E-state index contributed by atoms with van der Waals surface area (Å²) < 4.78 is 5.47. The first-order valence-corrected chi connectivity index (χ1v) is 6.80. The highest BCUT2D eigenvalue weighted by molar-refractivity contribution is 5.78. The number of benzene rings is 1. The molecule has 20 heavy (non-hydrogen) atoms. The summed E-state index contributed by atoms with van der Waals surface area (Å²) in [5, 5.41) is 2.92. The van der Waals surface area contributed by atoms with Crippen molar-refractivity contribution in [3.05, 3.63) is 52.7 Å². The van der Waals surface area contributed by atoms with E-state index in [1.54, 1.807) is 0 Å². The summed E-state index contributed by atoms with van der Waals surface area (Å²) in [6, 6.07) is 7.93. The van der Waals surface area contributed by atoms with Gasteiger partial charge in [-0.2, -0.15) is 0 Å². The van der Waals surface area contributed by atoms with Gasteiger partial charge in [0, 0.05) is 19.9 Å². The van der Waals surface area contributed by atoms with Crippen molar-refractivity contribution in [2.45, 2.75) is 33.6 Å². The molecule has 106 valence electrons. The van der Waals surface area contributed by atoms with E-state index in [1.807, 2.05) is 45.0 Å². The molecule has 0 fully saturated rings. The number of aromatic nitrogens is 1. The zero-order valence-corrected chi connectivity index (χ0v) is 12.2. The van der Waals surface area contributed by atoms with E-state index in [1.165, 1.54) is 0 Å². The van der Waals surface area contributed by atoms with Crippen LogP contribution in [0.25, 0.3) is 0 Å². The third-order valence-corrected chi connectivity index (χ3v) is 3.29. The zero-order valence-electron chi connectivity index (χ0n) is 12.2. The molecule has 1 amide bonds. The standard InChI is InChI=1S/C16H20N2O2/c1-11-6-4-5-7-14(11)10-16(19)17-9-8-15-12(2)18-13(3)20-15/h4-7H,8-10H2,1-3H3,(H,17,19). The largest absolute Gasteiger partial charge is 0.446 e. The number of nitrogens with one attached hydrogen (secondary N) is 1. The molecule has 0 aliphatic rings. The number of amides is 1. The maximum absolute atomic E-state index is 11.9. The van der Waals surface area contributed by atoms with E-state index in [0.29, 0.717) is 25.3 Å². The molecule has 0 saturated carbocycles. The molecule has 0 saturated heterocycles. The lowest BCUT2D eigenvalue weighted by Gasteiger charge is -2.06. The molecule has 0 unspecified atom stereocenters. The van der Waals surface area contributed by atoms with Crippen LogP contribution < -0.4 is 5.32 Å². The third kappa shape index (κ3) is 3.70. The van der Waals surface area contributed by atoms with Gasteiger partial charge in [-0.05, 0) is 25.0 Å². The first kappa shape index (κ1) is 14.3. The molecule has 1 heterocycles. The number of carbonyl (C=O) groups is 1. The van der Waals surface area contributed by atoms with Gasteiger partial charge in [0.05, 0.1) is 12.1 Å². The maximum Gasteiger partial charge on any atom is 0.224 e. The van der Waals surface area contributed by atoms with Crippen LogP contribution in [0.4, 0.5) is 0 Å². The molecule has 2 aromatic rings. The molecule has 0 spiro atoms. The van der Waals surface area contributed by atoms with Crippen LogP contribution in [0.2, 0.25) is 0 Å². The minimum Gasteiger partial charge on any atom is -0.446 e. The topological polar surface area (TPSA) is 55.1 Å². The van der Waals surface area contributed by atoms with Gasteiger partial charge in [0.15, 0.2) is 5.89 Å². The number of aryl methyl sites for hydroxylation is 3. The SMILES string of the molecule is Cc1nc(C)c(CCNC(=O)Cc2ccccc2C)o1. The minimum absolute atomic E-state index is 0.0354. The van der Waals surface area contributed by atoms with Crippen LogP contribution in [0.5, 0.6) is 0 Å². The van der Waals surface area contributed by atoms with Crippen molar-refractivity contribution in [3.63, 3.8) is 0 Å². The van der Waals surface area contributed by atoms with Gasteiger partial charge < -0.3 is 9.73 Å². The number of rotatable bonds is 5. The Morgan fingerprint density at radius 3 is 2.65 bits per heavy atom. The van der Waals surface area contributed by atoms with E-state index in [2.05, 4.69) is 10.3 Å². The predicted octanol–water partition coefficient (Wildman–Crippen LogP) is 2.50. The number of carbonyl (C=O) groups excluding carboxylic acids is 1. The van der Waals surface area contributed by atoms with Crippen LogP contribution in [-0.4, -0.2) is 17.4 Å². The molecule has 0 bridgehead atoms. The predicted molar refractivity (Wildman–Crippen MR) is 77.6 cm³/mol. The highest BCUT2D eigenvalue weighted by atomic mass is 16.4. The van der Waals surface area contributed by atoms with Crippen molar-refractivity contribution in [2.24, 2.45) is 0 Å². The summed E-state index contributed by atoms with van der Waals surface area (Å²) in [5.41, 5.74) is 3.11. The molecule has 0 aliphatic heterocycles. The van der Waals surface area contributed by atoms with Gasteiger partial charge in [-0.3, -0.25) is 4.79 Å². The molecule has 1 aromatic heterocycles. The fraction of sp³-hybridized carbons (Fsp3) is 0.375. The molecule has 4 nitrogen and oxygen atoms in total. The van der Waals surface area contributed by atoms with Crippen LogP contribution in [0.3, 0.4) is 0 Å². The second kappa shape index (κ2) is 6.37. The van der Waals surface area contributed by atoms with Gasteiger partial charge in [-0.25, -0.2) is 4.98 Å². The Hall–Kier alpha value is -2.10. The molecular weight excluding hydrogens is 252 g/mol. The maximum atomic E-state index is 11.9. The van der Waals surface area contributed by atoms with E-state index in [4.69, 9.17) is 4.42 Å². The monoisotopic (exact) mass is 272 g/mol. The lowest BCUT2D eigenvalue weighted by atomic mass is 10.1. The summed E-state index contributed by atoms with van der Waals surface area (Å²) in [6.45, 7) is 6.33. The highest BCUT2D eigenvalue weighted by Gasteiger charge is 2.08. The Morgan fingerprint density at radius 2 is 2.00 bits per heavy atom. The summed E-state index contributed by atoms with van der Waals surface area (Å²) in [4.78, 5) is 16.1. The lowest BCUT2D eigenvalue weighted by Crippen LogP contribution is -2.27. The summed E-state index contributed by atoms with van der Waals surface area (Å²) >= 11 is 0. The van der Waals surface area contributed by atoms with Crippen LogP contribution in [-0.2, 0) is 17.6 Å². The third-order valence-electron chi connectivity index (χ3n) is 3.29. The van der Waals surface area contributed by atoms with Gasteiger partial charge in [0.1, 0.15) is 5.76 Å². The van der Waals surface area contributed by atoms with Crippen molar-refractivity contribution >= 4 is 5.91 Å². The Morgan fingerprint density at radius 1 is 1.25 bits per heavy atom. The average Bonchev–Trinajstić information content (AvgIpc) is 2.71. The Labute approximate surface area is 119 Å². The number of nitrogens with zero attached hydrogens (tertiary/aromatic N) is 1. The molecule has 2 rings (SSSR count). The van der Waals surface area contributed by atoms with Crippen LogP contribution in [0.15, 0.2) is 28.7 Å². The van der Waals surface area contributed by atoms with Crippen LogP contribution in [0.1, 0.15) is 28.5 Å². The molecule has 4 heteroatoms. The number of hydrogen-bond acceptors (Lipinski definition) is 3. The molecule has 0 aliphatic carbocycles. The zero-order chi connectivity index (χ0) is 14.5. The van der Waals surface area contributed by atoms with Gasteiger partial charge in [0.25, 0.3) is 0 Å². The van der Waals surface area contributed by atoms with Gasteiger partial charge in [0.2, 0.25) is 5.91 Å². The summed E-state index contributed by atoms with van der Waals surface area (Å²) in [7, 11) is 0. The molecule has 0 atom stereocenters. The van der Waals surface area contributed by atoms with Gasteiger partial charge >= 0.3 is 0 Å². The normalized spacial score (nSPS) is 10.6. The second-order valence-electron chi connectivity index (χ2n) is 4.94. The molecular formula is C16H20N2O2. The highest BCUT2D eigenvalue weighted by Crippen LogP contribution is 2.10. The van der Waals surface area contributed by atoms with Crippen molar-refractivity contribution in [1.29, 1.82) is 0 Å². The fourth-order valence-corrected chi connectivity index (χ4v) is 2.16.